The maximum absolute atomic E-state index is 14.8. The van der Waals surface area contributed by atoms with Gasteiger partial charge in [-0.1, -0.05) is 48.4 Å². The quantitative estimate of drug-likeness (QED) is 0.369. The summed E-state index contributed by atoms with van der Waals surface area (Å²) in [5.74, 6) is 5.11. The zero-order valence-electron chi connectivity index (χ0n) is 20.4. The lowest BCUT2D eigenvalue weighted by Gasteiger charge is -2.38. The highest BCUT2D eigenvalue weighted by atomic mass is 19.1. The van der Waals surface area contributed by atoms with Crippen molar-refractivity contribution in [1.29, 1.82) is 0 Å². The van der Waals surface area contributed by atoms with Crippen LogP contribution in [-0.2, 0) is 0 Å². The minimum absolute atomic E-state index is 0.117. The lowest BCUT2D eigenvalue weighted by molar-refractivity contribution is 0.127. The topological polar surface area (TPSA) is 35.2 Å². The maximum Gasteiger partial charge on any atom is 0.132 e. The third-order valence-corrected chi connectivity index (χ3v) is 6.79. The maximum atomic E-state index is 14.8. The number of nitrogens with zero attached hydrogens (tertiary/aromatic N) is 3. The number of benzene rings is 3. The Morgan fingerprint density at radius 3 is 2.33 bits per heavy atom. The van der Waals surface area contributed by atoms with Gasteiger partial charge in [-0.2, -0.15) is 5.10 Å². The van der Waals surface area contributed by atoms with Crippen molar-refractivity contribution < 1.29 is 8.78 Å². The molecule has 6 heteroatoms. The minimum Gasteiger partial charge on any atom is -0.304 e. The van der Waals surface area contributed by atoms with E-state index in [0.717, 1.165) is 42.9 Å². The van der Waals surface area contributed by atoms with Crippen molar-refractivity contribution in [1.82, 2.24) is 20.0 Å². The average molecular weight is 483 g/mol. The van der Waals surface area contributed by atoms with Gasteiger partial charge in [0.2, 0.25) is 0 Å². The second-order valence-electron chi connectivity index (χ2n) is 9.11. The molecule has 2 heterocycles. The summed E-state index contributed by atoms with van der Waals surface area (Å²) in [7, 11) is 2.12. The molecule has 0 aliphatic carbocycles. The molecule has 1 aliphatic rings. The van der Waals surface area contributed by atoms with Gasteiger partial charge in [0.05, 0.1) is 17.9 Å². The molecule has 0 radical (unpaired) electrons. The van der Waals surface area contributed by atoms with Crippen molar-refractivity contribution in [2.75, 3.05) is 33.2 Å². The van der Waals surface area contributed by atoms with Crippen molar-refractivity contribution >= 4 is 0 Å². The first-order valence-corrected chi connectivity index (χ1v) is 12.1. The summed E-state index contributed by atoms with van der Waals surface area (Å²) in [4.78, 5) is 4.71. The monoisotopic (exact) mass is 482 g/mol. The van der Waals surface area contributed by atoms with Crippen molar-refractivity contribution in [2.24, 2.45) is 0 Å². The van der Waals surface area contributed by atoms with E-state index < -0.39 is 0 Å². The normalized spacial score (nSPS) is 15.3. The zero-order valence-corrected chi connectivity index (χ0v) is 20.4. The zero-order chi connectivity index (χ0) is 25.1. The minimum atomic E-state index is -0.296. The second kappa shape index (κ2) is 10.4. The number of likely N-dealkylation sites (N-methyl/N-ethyl adjacent to an activating group) is 1. The Labute approximate surface area is 210 Å². The van der Waals surface area contributed by atoms with E-state index in [2.05, 4.69) is 38.9 Å². The van der Waals surface area contributed by atoms with Crippen LogP contribution in [-0.4, -0.2) is 53.2 Å². The largest absolute Gasteiger partial charge is 0.304 e. The number of aromatic amines is 1. The third-order valence-electron chi connectivity index (χ3n) is 6.79. The van der Waals surface area contributed by atoms with Crippen molar-refractivity contribution in [3.05, 3.63) is 101 Å². The molecule has 1 unspecified atom stereocenters. The molecule has 4 nitrogen and oxygen atoms in total. The number of H-pyrrole nitrogens is 1. The highest BCUT2D eigenvalue weighted by molar-refractivity contribution is 5.67. The molecule has 182 valence electrons. The van der Waals surface area contributed by atoms with Gasteiger partial charge in [0, 0.05) is 48.4 Å². The number of aromatic nitrogens is 2. The summed E-state index contributed by atoms with van der Waals surface area (Å²) < 4.78 is 29.6. The highest BCUT2D eigenvalue weighted by Crippen LogP contribution is 2.37. The second-order valence-corrected chi connectivity index (χ2v) is 9.11. The van der Waals surface area contributed by atoms with E-state index in [1.807, 2.05) is 36.4 Å². The lowest BCUT2D eigenvalue weighted by Crippen LogP contribution is -2.46. The van der Waals surface area contributed by atoms with Gasteiger partial charge in [-0.3, -0.25) is 10.00 Å². The summed E-state index contributed by atoms with van der Waals surface area (Å²) in [5, 5.41) is 7.34. The summed E-state index contributed by atoms with van der Waals surface area (Å²) in [5.41, 5.74) is 5.15. The van der Waals surface area contributed by atoms with Crippen molar-refractivity contribution in [3.63, 3.8) is 0 Å². The van der Waals surface area contributed by atoms with Gasteiger partial charge < -0.3 is 4.90 Å². The van der Waals surface area contributed by atoms with Gasteiger partial charge in [-0.15, -0.1) is 5.92 Å². The molecule has 1 aromatic heterocycles. The highest BCUT2D eigenvalue weighted by Gasteiger charge is 2.29. The van der Waals surface area contributed by atoms with Crippen LogP contribution in [0.4, 0.5) is 8.78 Å². The molecule has 1 aliphatic heterocycles. The number of hydrogen-bond donors (Lipinski definition) is 1. The Balaban J connectivity index is 1.54. The molecule has 1 atom stereocenters. The Morgan fingerprint density at radius 1 is 0.889 bits per heavy atom. The van der Waals surface area contributed by atoms with Crippen molar-refractivity contribution in [2.45, 2.75) is 13.0 Å². The molecule has 1 fully saturated rings. The first-order chi connectivity index (χ1) is 17.5. The Hall–Kier alpha value is -3.79. The summed E-state index contributed by atoms with van der Waals surface area (Å²) >= 11 is 0. The van der Waals surface area contributed by atoms with Gasteiger partial charge in [-0.05, 0) is 49.4 Å². The van der Waals surface area contributed by atoms with Gasteiger partial charge in [0.25, 0.3) is 0 Å². The van der Waals surface area contributed by atoms with Crippen LogP contribution in [0, 0.1) is 23.5 Å². The van der Waals surface area contributed by atoms with E-state index in [1.165, 1.54) is 12.1 Å². The molecule has 0 bridgehead atoms. The van der Waals surface area contributed by atoms with E-state index in [0.29, 0.717) is 22.4 Å². The van der Waals surface area contributed by atoms with E-state index in [-0.39, 0.29) is 17.7 Å². The van der Waals surface area contributed by atoms with Gasteiger partial charge in [0.1, 0.15) is 11.6 Å². The first kappa shape index (κ1) is 23.9. The number of hydrogen-bond acceptors (Lipinski definition) is 3. The fourth-order valence-corrected chi connectivity index (χ4v) is 4.87. The molecular weight excluding hydrogens is 454 g/mol. The molecule has 36 heavy (non-hydrogen) atoms. The molecule has 1 N–H and O–H groups in total. The summed E-state index contributed by atoms with van der Waals surface area (Å²) in [6.07, 6.45) is 1.80. The SMILES string of the molecule is CC#Cc1ccc(-c2ccc(C(c3cn[nH]c3-c3ccccc3F)N3CCN(C)CC3)cc2)c(F)c1. The Morgan fingerprint density at radius 2 is 1.64 bits per heavy atom. The van der Waals surface area contributed by atoms with Crippen LogP contribution < -0.4 is 0 Å². The molecular formula is C30H28F2N4. The molecule has 1 saturated heterocycles. The number of halogens is 2. The summed E-state index contributed by atoms with van der Waals surface area (Å²) in [6, 6.07) is 19.7. The van der Waals surface area contributed by atoms with E-state index in [4.69, 9.17) is 0 Å². The van der Waals surface area contributed by atoms with Crippen LogP contribution in [0.25, 0.3) is 22.4 Å². The standard InChI is InChI=1S/C30H28F2N4/c1-3-6-21-9-14-24(28(32)19-21)22-10-12-23(13-11-22)30(36-17-15-35(2)16-18-36)26-20-33-34-29(26)25-7-4-5-8-27(25)31/h4-5,7-14,19-20,30H,15-18H2,1-2H3,(H,33,34). The predicted molar refractivity (Wildman–Crippen MR) is 139 cm³/mol. The van der Waals surface area contributed by atoms with E-state index >= 15 is 0 Å². The van der Waals surface area contributed by atoms with Crippen LogP contribution in [0.1, 0.15) is 29.7 Å². The number of nitrogens with one attached hydrogen (secondary N) is 1. The predicted octanol–water partition coefficient (Wildman–Crippen LogP) is 5.73. The number of piperazine rings is 1. The van der Waals surface area contributed by atoms with Gasteiger partial charge in [0.15, 0.2) is 0 Å². The molecule has 0 spiro atoms. The van der Waals surface area contributed by atoms with Gasteiger partial charge >= 0.3 is 0 Å². The van der Waals surface area contributed by atoms with Crippen molar-refractivity contribution in [3.8, 4) is 34.2 Å². The smallest absolute Gasteiger partial charge is 0.132 e. The fourth-order valence-electron chi connectivity index (χ4n) is 4.87. The van der Waals surface area contributed by atoms with Crippen LogP contribution >= 0.6 is 0 Å². The van der Waals surface area contributed by atoms with Crippen LogP contribution in [0.3, 0.4) is 0 Å². The van der Waals surface area contributed by atoms with Crippen LogP contribution in [0.15, 0.2) is 72.9 Å². The molecule has 5 rings (SSSR count). The lowest BCUT2D eigenvalue weighted by atomic mass is 9.92. The summed E-state index contributed by atoms with van der Waals surface area (Å²) in [6.45, 7) is 5.37. The van der Waals surface area contributed by atoms with Crippen LogP contribution in [0.2, 0.25) is 0 Å². The van der Waals surface area contributed by atoms with Gasteiger partial charge in [-0.25, -0.2) is 8.78 Å². The molecule has 0 saturated carbocycles. The Bertz CT molecular complexity index is 1410. The first-order valence-electron chi connectivity index (χ1n) is 12.1. The molecule has 4 aromatic rings. The number of rotatable bonds is 5. The Kier molecular flexibility index (Phi) is 6.95. The third kappa shape index (κ3) is 4.81. The molecule has 0 amide bonds. The van der Waals surface area contributed by atoms with E-state index in [9.17, 15) is 8.78 Å². The van der Waals surface area contributed by atoms with E-state index in [1.54, 1.807) is 31.3 Å². The molecule has 3 aromatic carbocycles. The average Bonchev–Trinajstić information content (AvgIpc) is 3.36. The fraction of sp³-hybridized carbons (Fsp3) is 0.233. The van der Waals surface area contributed by atoms with Crippen LogP contribution in [0.5, 0.6) is 0 Å².